The van der Waals surface area contributed by atoms with Crippen LogP contribution in [0.5, 0.6) is 0 Å². The number of halogens is 2. The molecule has 2 rings (SSSR count). The topological polar surface area (TPSA) is 23.8 Å². The summed E-state index contributed by atoms with van der Waals surface area (Å²) >= 11 is 12.0. The maximum Gasteiger partial charge on any atom is 0.0998 e. The molecular weight excluding hydrogens is 265 g/mol. The molecule has 2 aromatic carbocycles. The first kappa shape index (κ1) is 12.7. The highest BCUT2D eigenvalue weighted by molar-refractivity contribution is 6.33. The standard InChI is InChI=1S/C15H9Cl2N/c16-13-5-3-4-11(9-13)8-12(10-18)14-6-1-2-7-15(14)17/h1-9H. The maximum absolute atomic E-state index is 9.22. The van der Waals surface area contributed by atoms with Crippen LogP contribution in [0, 0.1) is 11.3 Å². The Balaban J connectivity index is 2.48. The zero-order chi connectivity index (χ0) is 13.0. The van der Waals surface area contributed by atoms with Crippen LogP contribution in [0.15, 0.2) is 48.5 Å². The van der Waals surface area contributed by atoms with E-state index in [9.17, 15) is 5.26 Å². The van der Waals surface area contributed by atoms with Gasteiger partial charge in [0, 0.05) is 15.6 Å². The Bertz CT molecular complexity index is 639. The molecule has 0 atom stereocenters. The van der Waals surface area contributed by atoms with Gasteiger partial charge in [-0.25, -0.2) is 0 Å². The lowest BCUT2D eigenvalue weighted by atomic mass is 10.0. The first-order valence-electron chi connectivity index (χ1n) is 5.33. The molecule has 0 bridgehead atoms. The lowest BCUT2D eigenvalue weighted by Crippen LogP contribution is -1.83. The van der Waals surface area contributed by atoms with Gasteiger partial charge in [0.15, 0.2) is 0 Å². The van der Waals surface area contributed by atoms with Crippen LogP contribution in [0.2, 0.25) is 10.0 Å². The van der Waals surface area contributed by atoms with Crippen molar-refractivity contribution in [3.05, 3.63) is 69.7 Å². The molecule has 0 spiro atoms. The number of hydrogen-bond donors (Lipinski definition) is 0. The minimum absolute atomic E-state index is 0.517. The fourth-order valence-corrected chi connectivity index (χ4v) is 2.05. The average molecular weight is 274 g/mol. The minimum atomic E-state index is 0.517. The van der Waals surface area contributed by atoms with E-state index in [1.54, 1.807) is 24.3 Å². The van der Waals surface area contributed by atoms with Crippen molar-refractivity contribution < 1.29 is 0 Å². The van der Waals surface area contributed by atoms with E-state index in [0.29, 0.717) is 15.6 Å². The Kier molecular flexibility index (Phi) is 4.04. The lowest BCUT2D eigenvalue weighted by Gasteiger charge is -2.02. The van der Waals surface area contributed by atoms with E-state index in [-0.39, 0.29) is 0 Å². The van der Waals surface area contributed by atoms with Crippen LogP contribution >= 0.6 is 23.2 Å². The molecule has 0 amide bonds. The Morgan fingerprint density at radius 3 is 2.50 bits per heavy atom. The number of nitrogens with zero attached hydrogens (tertiary/aromatic N) is 1. The Morgan fingerprint density at radius 2 is 1.83 bits per heavy atom. The molecule has 0 aromatic heterocycles. The van der Waals surface area contributed by atoms with Crippen molar-refractivity contribution in [3.63, 3.8) is 0 Å². The Labute approximate surface area is 116 Å². The summed E-state index contributed by atoms with van der Waals surface area (Å²) in [6.45, 7) is 0. The zero-order valence-corrected chi connectivity index (χ0v) is 10.9. The van der Waals surface area contributed by atoms with Crippen LogP contribution in [0.4, 0.5) is 0 Å². The molecule has 0 unspecified atom stereocenters. The summed E-state index contributed by atoms with van der Waals surface area (Å²) in [5.74, 6) is 0. The van der Waals surface area contributed by atoms with Gasteiger partial charge in [0.05, 0.1) is 11.6 Å². The first-order chi connectivity index (χ1) is 8.70. The van der Waals surface area contributed by atoms with Crippen LogP contribution in [0.25, 0.3) is 11.6 Å². The molecule has 0 aliphatic rings. The third-order valence-corrected chi connectivity index (χ3v) is 3.01. The number of hydrogen-bond acceptors (Lipinski definition) is 1. The molecule has 0 heterocycles. The van der Waals surface area contributed by atoms with Crippen LogP contribution in [0.3, 0.4) is 0 Å². The largest absolute Gasteiger partial charge is 0.192 e. The van der Waals surface area contributed by atoms with Crippen LogP contribution in [0.1, 0.15) is 11.1 Å². The highest BCUT2D eigenvalue weighted by Crippen LogP contribution is 2.25. The van der Waals surface area contributed by atoms with E-state index in [1.165, 1.54) is 0 Å². The van der Waals surface area contributed by atoms with Crippen molar-refractivity contribution in [2.24, 2.45) is 0 Å². The van der Waals surface area contributed by atoms with E-state index in [4.69, 9.17) is 23.2 Å². The zero-order valence-electron chi connectivity index (χ0n) is 9.40. The summed E-state index contributed by atoms with van der Waals surface area (Å²) < 4.78 is 0. The van der Waals surface area contributed by atoms with Crippen molar-refractivity contribution in [2.45, 2.75) is 0 Å². The predicted octanol–water partition coefficient (Wildman–Crippen LogP) is 5.06. The molecule has 0 N–H and O–H groups in total. The van der Waals surface area contributed by atoms with E-state index in [2.05, 4.69) is 6.07 Å². The van der Waals surface area contributed by atoms with E-state index >= 15 is 0 Å². The smallest absolute Gasteiger partial charge is 0.0998 e. The summed E-state index contributed by atoms with van der Waals surface area (Å²) in [4.78, 5) is 0. The summed E-state index contributed by atoms with van der Waals surface area (Å²) in [7, 11) is 0. The maximum atomic E-state index is 9.22. The Hall–Kier alpha value is -1.75. The Morgan fingerprint density at radius 1 is 1.06 bits per heavy atom. The molecule has 0 aliphatic carbocycles. The molecule has 0 saturated heterocycles. The molecule has 1 nitrogen and oxygen atoms in total. The van der Waals surface area contributed by atoms with Crippen LogP contribution < -0.4 is 0 Å². The van der Waals surface area contributed by atoms with Gasteiger partial charge >= 0.3 is 0 Å². The number of rotatable bonds is 2. The van der Waals surface area contributed by atoms with Crippen molar-refractivity contribution in [1.29, 1.82) is 5.26 Å². The van der Waals surface area contributed by atoms with Gasteiger partial charge in [-0.3, -0.25) is 0 Å². The van der Waals surface area contributed by atoms with Gasteiger partial charge in [-0.15, -0.1) is 0 Å². The molecule has 0 radical (unpaired) electrons. The summed E-state index contributed by atoms with van der Waals surface area (Å²) in [6, 6.07) is 16.8. The highest BCUT2D eigenvalue weighted by atomic mass is 35.5. The molecule has 88 valence electrons. The molecule has 3 heteroatoms. The van der Waals surface area contributed by atoms with Crippen molar-refractivity contribution in [3.8, 4) is 6.07 Å². The third-order valence-electron chi connectivity index (χ3n) is 2.44. The lowest BCUT2D eigenvalue weighted by molar-refractivity contribution is 1.52. The van der Waals surface area contributed by atoms with Gasteiger partial charge in [-0.1, -0.05) is 53.5 Å². The second-order valence-electron chi connectivity index (χ2n) is 3.70. The number of benzene rings is 2. The number of allylic oxidation sites excluding steroid dienone is 1. The van der Waals surface area contributed by atoms with Gasteiger partial charge in [0.25, 0.3) is 0 Å². The van der Waals surface area contributed by atoms with Gasteiger partial charge in [-0.2, -0.15) is 5.26 Å². The van der Waals surface area contributed by atoms with Gasteiger partial charge in [0.2, 0.25) is 0 Å². The monoisotopic (exact) mass is 273 g/mol. The van der Waals surface area contributed by atoms with Crippen LogP contribution in [-0.2, 0) is 0 Å². The molecule has 18 heavy (non-hydrogen) atoms. The molecular formula is C15H9Cl2N. The quantitative estimate of drug-likeness (QED) is 0.554. The minimum Gasteiger partial charge on any atom is -0.192 e. The van der Waals surface area contributed by atoms with Crippen molar-refractivity contribution >= 4 is 34.9 Å². The van der Waals surface area contributed by atoms with E-state index in [0.717, 1.165) is 11.1 Å². The van der Waals surface area contributed by atoms with Crippen LogP contribution in [-0.4, -0.2) is 0 Å². The number of nitriles is 1. The second kappa shape index (κ2) is 5.73. The molecule has 2 aromatic rings. The fourth-order valence-electron chi connectivity index (χ4n) is 1.61. The summed E-state index contributed by atoms with van der Waals surface area (Å²) in [5, 5.41) is 10.4. The third kappa shape index (κ3) is 2.92. The molecule has 0 saturated carbocycles. The van der Waals surface area contributed by atoms with Gasteiger partial charge in [-0.05, 0) is 29.8 Å². The predicted molar refractivity (Wildman–Crippen MR) is 76.4 cm³/mol. The molecule has 0 aliphatic heterocycles. The van der Waals surface area contributed by atoms with Gasteiger partial charge < -0.3 is 0 Å². The van der Waals surface area contributed by atoms with E-state index < -0.39 is 0 Å². The summed E-state index contributed by atoms with van der Waals surface area (Å²) in [6.07, 6.45) is 1.77. The fraction of sp³-hybridized carbons (Fsp3) is 0. The first-order valence-corrected chi connectivity index (χ1v) is 6.08. The second-order valence-corrected chi connectivity index (χ2v) is 4.55. The average Bonchev–Trinajstić information content (AvgIpc) is 2.37. The van der Waals surface area contributed by atoms with Gasteiger partial charge in [0.1, 0.15) is 0 Å². The van der Waals surface area contributed by atoms with Crippen molar-refractivity contribution in [1.82, 2.24) is 0 Å². The summed E-state index contributed by atoms with van der Waals surface area (Å²) in [5.41, 5.74) is 2.11. The normalized spacial score (nSPS) is 11.1. The SMILES string of the molecule is N#CC(=Cc1cccc(Cl)c1)c1ccccc1Cl. The highest BCUT2D eigenvalue weighted by Gasteiger charge is 2.05. The molecule has 0 fully saturated rings. The van der Waals surface area contributed by atoms with E-state index in [1.807, 2.05) is 30.3 Å². The van der Waals surface area contributed by atoms with Crippen molar-refractivity contribution in [2.75, 3.05) is 0 Å².